The van der Waals surface area contributed by atoms with E-state index in [2.05, 4.69) is 4.84 Å². The van der Waals surface area contributed by atoms with Crippen LogP contribution in [0.3, 0.4) is 0 Å². The molecule has 0 saturated carbocycles. The van der Waals surface area contributed by atoms with E-state index in [-0.39, 0.29) is 5.23 Å². The van der Waals surface area contributed by atoms with Crippen molar-refractivity contribution in [2.24, 2.45) is 0 Å². The van der Waals surface area contributed by atoms with Crippen molar-refractivity contribution < 1.29 is 10.1 Å². The molecule has 0 amide bonds. The molecule has 0 aromatic rings. The Hall–Kier alpha value is -0.120. The third-order valence-electron chi connectivity index (χ3n) is 0.682. The molecule has 44 valence electrons. The van der Waals surface area contributed by atoms with Crippen molar-refractivity contribution in [1.29, 1.82) is 0 Å². The van der Waals surface area contributed by atoms with Gasteiger partial charge in [-0.2, -0.15) is 0 Å². The molecule has 1 N–H and O–H groups in total. The molecule has 0 spiro atoms. The molecule has 0 radical (unpaired) electrons. The van der Waals surface area contributed by atoms with Gasteiger partial charge in [0.1, 0.15) is 6.54 Å². The minimum Gasteiger partial charge on any atom is -0.600 e. The lowest BCUT2D eigenvalue weighted by Gasteiger charge is -2.15. The molecule has 0 bridgehead atoms. The van der Waals surface area contributed by atoms with Crippen LogP contribution in [0.1, 0.15) is 13.3 Å². The molecule has 0 aliphatic heterocycles. The SMILES string of the molecule is CCC[NH+]([O-])OC. The highest BCUT2D eigenvalue weighted by Crippen LogP contribution is 1.60. The monoisotopic (exact) mass is 105 g/mol. The van der Waals surface area contributed by atoms with Crippen LogP contribution in [0.25, 0.3) is 0 Å². The van der Waals surface area contributed by atoms with Gasteiger partial charge in [-0.15, -0.1) is 0 Å². The van der Waals surface area contributed by atoms with E-state index < -0.39 is 0 Å². The van der Waals surface area contributed by atoms with Crippen LogP contribution in [0.5, 0.6) is 0 Å². The van der Waals surface area contributed by atoms with E-state index in [1.807, 2.05) is 6.92 Å². The second-order valence-electron chi connectivity index (χ2n) is 1.33. The lowest BCUT2D eigenvalue weighted by molar-refractivity contribution is -1.05. The van der Waals surface area contributed by atoms with E-state index in [0.29, 0.717) is 6.54 Å². The molecule has 0 fully saturated rings. The first kappa shape index (κ1) is 6.88. The van der Waals surface area contributed by atoms with Crippen molar-refractivity contribution in [3.63, 3.8) is 0 Å². The molecule has 3 heteroatoms. The Morgan fingerprint density at radius 2 is 2.29 bits per heavy atom. The maximum Gasteiger partial charge on any atom is 0.106 e. The van der Waals surface area contributed by atoms with Crippen molar-refractivity contribution in [3.8, 4) is 0 Å². The van der Waals surface area contributed by atoms with Crippen LogP contribution in [-0.2, 0) is 4.84 Å². The average Bonchev–Trinajstić information content (AvgIpc) is 1.68. The van der Waals surface area contributed by atoms with E-state index in [1.54, 1.807) is 0 Å². The predicted octanol–water partition coefficient (Wildman–Crippen LogP) is -0.659. The summed E-state index contributed by atoms with van der Waals surface area (Å²) in [6.07, 6.45) is 0.868. The van der Waals surface area contributed by atoms with Crippen LogP contribution < -0.4 is 5.23 Å². The standard InChI is InChI=1S/C4H11NO2/c1-3-4-5(6)7-2/h5H,3-4H2,1-2H3. The molecule has 1 unspecified atom stereocenters. The summed E-state index contributed by atoms with van der Waals surface area (Å²) >= 11 is 0. The van der Waals surface area contributed by atoms with Crippen molar-refractivity contribution in [1.82, 2.24) is 0 Å². The summed E-state index contributed by atoms with van der Waals surface area (Å²) in [6.45, 7) is 2.48. The highest BCUT2D eigenvalue weighted by atomic mass is 16.9. The fourth-order valence-electron chi connectivity index (χ4n) is 0.306. The second-order valence-corrected chi connectivity index (χ2v) is 1.33. The zero-order chi connectivity index (χ0) is 5.70. The van der Waals surface area contributed by atoms with Gasteiger partial charge in [0.05, 0.1) is 7.11 Å². The van der Waals surface area contributed by atoms with Crippen molar-refractivity contribution in [2.75, 3.05) is 13.7 Å². The Bertz CT molecular complexity index is 40.7. The van der Waals surface area contributed by atoms with Gasteiger partial charge in [0.2, 0.25) is 0 Å². The molecular formula is C4H11NO2. The van der Waals surface area contributed by atoms with Gasteiger partial charge in [-0.3, -0.25) is 0 Å². The van der Waals surface area contributed by atoms with Gasteiger partial charge in [-0.1, -0.05) is 6.92 Å². The maximum absolute atomic E-state index is 10.2. The van der Waals surface area contributed by atoms with Crippen molar-refractivity contribution in [3.05, 3.63) is 5.21 Å². The summed E-state index contributed by atoms with van der Waals surface area (Å²) in [5.41, 5.74) is 0. The Kier molecular flexibility index (Phi) is 3.98. The number of quaternary nitrogens is 1. The Morgan fingerprint density at radius 1 is 1.71 bits per heavy atom. The molecule has 1 atom stereocenters. The normalized spacial score (nSPS) is 14.1. The number of hydrogen-bond donors (Lipinski definition) is 1. The van der Waals surface area contributed by atoms with Crippen LogP contribution in [0.2, 0.25) is 0 Å². The highest BCUT2D eigenvalue weighted by Gasteiger charge is 1.86. The molecule has 7 heavy (non-hydrogen) atoms. The average molecular weight is 105 g/mol. The van der Waals surface area contributed by atoms with Crippen LogP contribution in [0.4, 0.5) is 0 Å². The van der Waals surface area contributed by atoms with E-state index in [4.69, 9.17) is 0 Å². The predicted molar refractivity (Wildman–Crippen MR) is 26.5 cm³/mol. The topological polar surface area (TPSA) is 36.7 Å². The molecule has 0 aromatic carbocycles. The first-order valence-electron chi connectivity index (χ1n) is 2.38. The van der Waals surface area contributed by atoms with Gasteiger partial charge in [0.25, 0.3) is 0 Å². The van der Waals surface area contributed by atoms with E-state index in [9.17, 15) is 5.21 Å². The first-order valence-corrected chi connectivity index (χ1v) is 2.38. The fraction of sp³-hybridized carbons (Fsp3) is 1.00. The Labute approximate surface area is 43.4 Å². The quantitative estimate of drug-likeness (QED) is 0.484. The molecule has 3 nitrogen and oxygen atoms in total. The third kappa shape index (κ3) is 3.72. The third-order valence-corrected chi connectivity index (χ3v) is 0.682. The molecule has 0 aliphatic carbocycles. The minimum atomic E-state index is -0.123. The first-order chi connectivity index (χ1) is 3.31. The van der Waals surface area contributed by atoms with Gasteiger partial charge < -0.3 is 5.21 Å². The Balaban J connectivity index is 2.83. The number of nitrogens with one attached hydrogen (secondary N) is 1. The summed E-state index contributed by atoms with van der Waals surface area (Å²) in [7, 11) is 1.40. The van der Waals surface area contributed by atoms with Crippen molar-refractivity contribution in [2.45, 2.75) is 13.3 Å². The largest absolute Gasteiger partial charge is 0.600 e. The van der Waals surface area contributed by atoms with Gasteiger partial charge >= 0.3 is 0 Å². The molecule has 0 saturated heterocycles. The molecule has 0 aliphatic rings. The van der Waals surface area contributed by atoms with Crippen LogP contribution >= 0.6 is 0 Å². The van der Waals surface area contributed by atoms with Crippen LogP contribution in [0, 0.1) is 5.21 Å². The van der Waals surface area contributed by atoms with E-state index in [0.717, 1.165) is 6.42 Å². The van der Waals surface area contributed by atoms with Gasteiger partial charge in [0, 0.05) is 0 Å². The molecule has 0 aromatic heterocycles. The molecular weight excluding hydrogens is 94.0 g/mol. The number of hydrogen-bond acceptors (Lipinski definition) is 2. The van der Waals surface area contributed by atoms with Gasteiger partial charge in [0.15, 0.2) is 0 Å². The molecule has 0 rings (SSSR count). The van der Waals surface area contributed by atoms with Crippen LogP contribution in [-0.4, -0.2) is 13.7 Å². The van der Waals surface area contributed by atoms with E-state index in [1.165, 1.54) is 7.11 Å². The maximum atomic E-state index is 10.2. The summed E-state index contributed by atoms with van der Waals surface area (Å²) in [4.78, 5) is 4.35. The second kappa shape index (κ2) is 4.05. The summed E-state index contributed by atoms with van der Waals surface area (Å²) in [5.74, 6) is 0. The highest BCUT2D eigenvalue weighted by molar-refractivity contribution is 4.14. The van der Waals surface area contributed by atoms with Gasteiger partial charge in [-0.25, -0.2) is 10.1 Å². The summed E-state index contributed by atoms with van der Waals surface area (Å²) in [5, 5.41) is 10.1. The van der Waals surface area contributed by atoms with E-state index >= 15 is 0 Å². The summed E-state index contributed by atoms with van der Waals surface area (Å²) < 4.78 is 0. The fourth-order valence-corrected chi connectivity index (χ4v) is 0.306. The number of rotatable bonds is 3. The van der Waals surface area contributed by atoms with Crippen LogP contribution in [0.15, 0.2) is 0 Å². The lowest BCUT2D eigenvalue weighted by Crippen LogP contribution is -3.05. The van der Waals surface area contributed by atoms with Crippen molar-refractivity contribution >= 4 is 0 Å². The zero-order valence-corrected chi connectivity index (χ0v) is 4.73. The van der Waals surface area contributed by atoms with Gasteiger partial charge in [-0.05, 0) is 6.42 Å². The zero-order valence-electron chi connectivity index (χ0n) is 4.73. The minimum absolute atomic E-state index is 0.123. The lowest BCUT2D eigenvalue weighted by atomic mass is 10.5. The Morgan fingerprint density at radius 3 is 2.43 bits per heavy atom. The smallest absolute Gasteiger partial charge is 0.106 e. The number of hydroxylamine groups is 2. The molecule has 0 heterocycles. The summed E-state index contributed by atoms with van der Waals surface area (Å²) in [6, 6.07) is 0.